The number of nitrogens with zero attached hydrogens (tertiary/aromatic N) is 1. The van der Waals surface area contributed by atoms with E-state index in [1.165, 1.54) is 49.4 Å². The summed E-state index contributed by atoms with van der Waals surface area (Å²) in [7, 11) is 2.82. The summed E-state index contributed by atoms with van der Waals surface area (Å²) in [5.74, 6) is -1.73. The molecule has 0 bridgehead atoms. The van der Waals surface area contributed by atoms with E-state index in [1.807, 2.05) is 0 Å². The summed E-state index contributed by atoms with van der Waals surface area (Å²) in [5, 5.41) is 2.51. The minimum atomic E-state index is -0.556. The Bertz CT molecular complexity index is 781. The van der Waals surface area contributed by atoms with Gasteiger partial charge in [0.2, 0.25) is 11.8 Å². The zero-order valence-corrected chi connectivity index (χ0v) is 13.9. The van der Waals surface area contributed by atoms with Crippen molar-refractivity contribution in [3.8, 4) is 5.75 Å². The van der Waals surface area contributed by atoms with Crippen LogP contribution in [0.4, 0.5) is 14.5 Å². The van der Waals surface area contributed by atoms with E-state index in [-0.39, 0.29) is 24.6 Å². The summed E-state index contributed by atoms with van der Waals surface area (Å²) < 4.78 is 31.5. The van der Waals surface area contributed by atoms with Gasteiger partial charge in [0.1, 0.15) is 5.82 Å². The molecule has 0 spiro atoms. The summed E-state index contributed by atoms with van der Waals surface area (Å²) in [5.41, 5.74) is 0.781. The Hall–Kier alpha value is -2.96. The molecule has 0 saturated carbocycles. The molecule has 0 radical (unpaired) electrons. The van der Waals surface area contributed by atoms with Crippen LogP contribution in [0.3, 0.4) is 0 Å². The second-order valence-corrected chi connectivity index (χ2v) is 5.45. The topological polar surface area (TPSA) is 58.6 Å². The molecule has 0 fully saturated rings. The van der Waals surface area contributed by atoms with Crippen molar-refractivity contribution in [2.45, 2.75) is 6.42 Å². The third-order valence-corrected chi connectivity index (χ3v) is 3.49. The number of halogens is 2. The molecule has 2 rings (SSSR count). The Morgan fingerprint density at radius 3 is 2.56 bits per heavy atom. The highest BCUT2D eigenvalue weighted by Crippen LogP contribution is 2.18. The van der Waals surface area contributed by atoms with E-state index in [4.69, 9.17) is 4.74 Å². The van der Waals surface area contributed by atoms with Crippen LogP contribution in [0.5, 0.6) is 5.75 Å². The molecule has 1 N–H and O–H groups in total. The molecule has 5 nitrogen and oxygen atoms in total. The van der Waals surface area contributed by atoms with Crippen molar-refractivity contribution in [3.63, 3.8) is 0 Å². The number of ether oxygens (including phenoxy) is 1. The number of likely N-dealkylation sites (N-methyl/N-ethyl adjacent to an activating group) is 1. The number of anilines is 1. The maximum atomic E-state index is 13.6. The van der Waals surface area contributed by atoms with Crippen LogP contribution in [-0.2, 0) is 16.0 Å². The van der Waals surface area contributed by atoms with Crippen molar-refractivity contribution in [2.24, 2.45) is 0 Å². The zero-order valence-electron chi connectivity index (χ0n) is 13.9. The number of rotatable bonds is 6. The fraction of sp³-hybridized carbons (Fsp3) is 0.222. The van der Waals surface area contributed by atoms with Crippen LogP contribution in [0.2, 0.25) is 0 Å². The minimum absolute atomic E-state index is 0.0509. The number of methoxy groups -OCH3 is 1. The molecule has 0 aliphatic carbocycles. The van der Waals surface area contributed by atoms with Crippen LogP contribution in [0.25, 0.3) is 0 Å². The van der Waals surface area contributed by atoms with E-state index in [0.29, 0.717) is 11.3 Å². The maximum Gasteiger partial charge on any atom is 0.243 e. The molecule has 0 unspecified atom stereocenters. The van der Waals surface area contributed by atoms with E-state index in [0.717, 1.165) is 0 Å². The monoisotopic (exact) mass is 348 g/mol. The number of carbonyl (C=O) groups is 2. The fourth-order valence-corrected chi connectivity index (χ4v) is 2.20. The van der Waals surface area contributed by atoms with Crippen LogP contribution in [0.1, 0.15) is 5.56 Å². The third-order valence-electron chi connectivity index (χ3n) is 3.49. The highest BCUT2D eigenvalue weighted by Gasteiger charge is 2.15. The van der Waals surface area contributed by atoms with Crippen molar-refractivity contribution in [2.75, 3.05) is 26.0 Å². The Morgan fingerprint density at radius 1 is 1.16 bits per heavy atom. The summed E-state index contributed by atoms with van der Waals surface area (Å²) in [6, 6.07) is 9.70. The van der Waals surface area contributed by atoms with Gasteiger partial charge in [0.15, 0.2) is 11.6 Å². The first-order valence-electron chi connectivity index (χ1n) is 7.51. The SMILES string of the molecule is COc1ccc(CC(=O)N(C)CC(=O)Nc2cccc(F)c2)cc1F. The summed E-state index contributed by atoms with van der Waals surface area (Å²) in [6.45, 7) is -0.200. The molecule has 0 heterocycles. The lowest BCUT2D eigenvalue weighted by atomic mass is 10.1. The average Bonchev–Trinajstić information content (AvgIpc) is 2.54. The molecule has 0 atom stereocenters. The normalized spacial score (nSPS) is 10.2. The molecular weight excluding hydrogens is 330 g/mol. The van der Waals surface area contributed by atoms with Crippen molar-refractivity contribution in [1.82, 2.24) is 4.90 Å². The van der Waals surface area contributed by atoms with Crippen molar-refractivity contribution in [3.05, 3.63) is 59.7 Å². The van der Waals surface area contributed by atoms with Gasteiger partial charge >= 0.3 is 0 Å². The number of nitrogens with one attached hydrogen (secondary N) is 1. The summed E-state index contributed by atoms with van der Waals surface area (Å²) in [4.78, 5) is 25.3. The molecule has 25 heavy (non-hydrogen) atoms. The predicted molar refractivity (Wildman–Crippen MR) is 89.3 cm³/mol. The molecule has 0 aromatic heterocycles. The van der Waals surface area contributed by atoms with Gasteiger partial charge < -0.3 is 15.0 Å². The molecule has 2 amide bonds. The third kappa shape index (κ3) is 5.27. The average molecular weight is 348 g/mol. The fourth-order valence-electron chi connectivity index (χ4n) is 2.20. The van der Waals surface area contributed by atoms with Crippen LogP contribution < -0.4 is 10.1 Å². The van der Waals surface area contributed by atoms with Crippen LogP contribution >= 0.6 is 0 Å². The Kier molecular flexibility index (Phi) is 6.05. The zero-order chi connectivity index (χ0) is 18.4. The van der Waals surface area contributed by atoms with Gasteiger partial charge in [0, 0.05) is 12.7 Å². The predicted octanol–water partition coefficient (Wildman–Crippen LogP) is 2.61. The molecule has 2 aromatic carbocycles. The van der Waals surface area contributed by atoms with Crippen LogP contribution in [-0.4, -0.2) is 37.4 Å². The molecule has 132 valence electrons. The maximum absolute atomic E-state index is 13.6. The molecule has 0 aliphatic rings. The van der Waals surface area contributed by atoms with Crippen LogP contribution in [0, 0.1) is 11.6 Å². The quantitative estimate of drug-likeness (QED) is 0.873. The molecule has 0 saturated heterocycles. The summed E-state index contributed by atoms with van der Waals surface area (Å²) >= 11 is 0. The van der Waals surface area contributed by atoms with Crippen molar-refractivity contribution >= 4 is 17.5 Å². The molecule has 0 aliphatic heterocycles. The van der Waals surface area contributed by atoms with Gasteiger partial charge in [0.05, 0.1) is 20.1 Å². The Labute approximate surface area is 144 Å². The van der Waals surface area contributed by atoms with E-state index in [1.54, 1.807) is 12.1 Å². The first-order chi connectivity index (χ1) is 11.9. The lowest BCUT2D eigenvalue weighted by molar-refractivity contribution is -0.132. The summed E-state index contributed by atoms with van der Waals surface area (Å²) in [6.07, 6.45) is -0.0509. The van der Waals surface area contributed by atoms with Gasteiger partial charge in [-0.3, -0.25) is 9.59 Å². The molecule has 2 aromatic rings. The largest absolute Gasteiger partial charge is 0.494 e. The van der Waals surface area contributed by atoms with Gasteiger partial charge in [-0.25, -0.2) is 8.78 Å². The van der Waals surface area contributed by atoms with E-state index < -0.39 is 17.5 Å². The van der Waals surface area contributed by atoms with E-state index >= 15 is 0 Å². The number of hydrogen-bond donors (Lipinski definition) is 1. The van der Waals surface area contributed by atoms with Gasteiger partial charge in [-0.2, -0.15) is 0 Å². The van der Waals surface area contributed by atoms with Gasteiger partial charge in [-0.1, -0.05) is 12.1 Å². The smallest absolute Gasteiger partial charge is 0.243 e. The highest BCUT2D eigenvalue weighted by atomic mass is 19.1. The lowest BCUT2D eigenvalue weighted by Crippen LogP contribution is -2.35. The number of hydrogen-bond acceptors (Lipinski definition) is 3. The minimum Gasteiger partial charge on any atom is -0.494 e. The number of amides is 2. The number of carbonyl (C=O) groups excluding carboxylic acids is 2. The molecule has 7 heteroatoms. The second kappa shape index (κ2) is 8.23. The molecular formula is C18H18F2N2O3. The first kappa shape index (κ1) is 18.4. The van der Waals surface area contributed by atoms with Crippen molar-refractivity contribution in [1.29, 1.82) is 0 Å². The van der Waals surface area contributed by atoms with Gasteiger partial charge in [-0.15, -0.1) is 0 Å². The second-order valence-electron chi connectivity index (χ2n) is 5.45. The van der Waals surface area contributed by atoms with E-state index in [2.05, 4.69) is 5.32 Å². The van der Waals surface area contributed by atoms with Gasteiger partial charge in [-0.05, 0) is 35.9 Å². The van der Waals surface area contributed by atoms with E-state index in [9.17, 15) is 18.4 Å². The lowest BCUT2D eigenvalue weighted by Gasteiger charge is -2.17. The Morgan fingerprint density at radius 2 is 1.92 bits per heavy atom. The number of benzene rings is 2. The first-order valence-corrected chi connectivity index (χ1v) is 7.51. The van der Waals surface area contributed by atoms with Gasteiger partial charge in [0.25, 0.3) is 0 Å². The Balaban J connectivity index is 1.91. The van der Waals surface area contributed by atoms with Crippen LogP contribution in [0.15, 0.2) is 42.5 Å². The van der Waals surface area contributed by atoms with Crippen molar-refractivity contribution < 1.29 is 23.1 Å². The highest BCUT2D eigenvalue weighted by molar-refractivity contribution is 5.94. The standard InChI is InChI=1S/C18H18F2N2O3/c1-22(11-17(23)21-14-5-3-4-13(19)10-14)18(24)9-12-6-7-16(25-2)15(20)8-12/h3-8,10H,9,11H2,1-2H3,(H,21,23).